The first-order valence-electron chi connectivity index (χ1n) is 5.69. The number of halogens is 1. The predicted molar refractivity (Wildman–Crippen MR) is 71.2 cm³/mol. The van der Waals surface area contributed by atoms with Crippen LogP contribution in [0.5, 0.6) is 0 Å². The van der Waals surface area contributed by atoms with Crippen molar-refractivity contribution in [2.24, 2.45) is 5.73 Å². The molecule has 0 aromatic heterocycles. The van der Waals surface area contributed by atoms with Crippen LogP contribution in [-0.2, 0) is 12.8 Å². The van der Waals surface area contributed by atoms with E-state index in [1.54, 1.807) is 0 Å². The summed E-state index contributed by atoms with van der Waals surface area (Å²) >= 11 is 0. The Morgan fingerprint density at radius 2 is 1.81 bits per heavy atom. The topological polar surface area (TPSA) is 29.3 Å². The molecule has 0 heterocycles. The van der Waals surface area contributed by atoms with Crippen molar-refractivity contribution in [3.8, 4) is 0 Å². The van der Waals surface area contributed by atoms with Gasteiger partial charge in [-0.1, -0.05) is 24.3 Å². The summed E-state index contributed by atoms with van der Waals surface area (Å²) in [4.78, 5) is 2.39. The second kappa shape index (κ2) is 5.67. The number of benzene rings is 1. The van der Waals surface area contributed by atoms with Crippen LogP contribution >= 0.6 is 12.4 Å². The van der Waals surface area contributed by atoms with Crippen LogP contribution < -0.4 is 5.73 Å². The average molecular weight is 241 g/mol. The van der Waals surface area contributed by atoms with Gasteiger partial charge < -0.3 is 10.6 Å². The van der Waals surface area contributed by atoms with E-state index in [1.165, 1.54) is 24.0 Å². The lowest BCUT2D eigenvalue weighted by atomic mass is 10.1. The van der Waals surface area contributed by atoms with Gasteiger partial charge >= 0.3 is 0 Å². The van der Waals surface area contributed by atoms with Gasteiger partial charge in [-0.2, -0.15) is 0 Å². The van der Waals surface area contributed by atoms with Crippen LogP contribution in [-0.4, -0.2) is 30.6 Å². The molecule has 1 aliphatic rings. The molecule has 2 rings (SSSR count). The van der Waals surface area contributed by atoms with Crippen molar-refractivity contribution in [3.63, 3.8) is 0 Å². The summed E-state index contributed by atoms with van der Waals surface area (Å²) in [5.41, 5.74) is 8.85. The standard InChI is InChI=1S/C13H20N2.ClH/c1-10(14)9-15(2)13-7-11-5-3-4-6-12(11)8-13;/h3-6,10,13H,7-9,14H2,1-2H3;1H. The first-order chi connectivity index (χ1) is 7.16. The molecule has 0 saturated carbocycles. The third-order valence-corrected chi connectivity index (χ3v) is 3.23. The minimum atomic E-state index is 0. The van der Waals surface area contributed by atoms with E-state index >= 15 is 0 Å². The fourth-order valence-electron chi connectivity index (χ4n) is 2.45. The Balaban J connectivity index is 0.00000128. The first-order valence-corrected chi connectivity index (χ1v) is 5.69. The third-order valence-electron chi connectivity index (χ3n) is 3.23. The maximum atomic E-state index is 5.82. The summed E-state index contributed by atoms with van der Waals surface area (Å²) in [6.45, 7) is 3.05. The minimum absolute atomic E-state index is 0. The smallest absolute Gasteiger partial charge is 0.0174 e. The molecule has 2 N–H and O–H groups in total. The van der Waals surface area contributed by atoms with E-state index in [0.717, 1.165) is 6.54 Å². The monoisotopic (exact) mass is 240 g/mol. The highest BCUT2D eigenvalue weighted by Gasteiger charge is 2.24. The van der Waals surface area contributed by atoms with Gasteiger partial charge in [-0.25, -0.2) is 0 Å². The molecular weight excluding hydrogens is 220 g/mol. The number of fused-ring (bicyclic) bond motifs is 1. The molecule has 1 atom stereocenters. The number of hydrogen-bond acceptors (Lipinski definition) is 2. The van der Waals surface area contributed by atoms with Gasteiger partial charge in [-0.3, -0.25) is 0 Å². The fraction of sp³-hybridized carbons (Fsp3) is 0.538. The van der Waals surface area contributed by atoms with Crippen LogP contribution in [0.25, 0.3) is 0 Å². The summed E-state index contributed by atoms with van der Waals surface area (Å²) in [5, 5.41) is 0. The summed E-state index contributed by atoms with van der Waals surface area (Å²) in [7, 11) is 2.18. The van der Waals surface area contributed by atoms with Gasteiger partial charge in [0.1, 0.15) is 0 Å². The first kappa shape index (κ1) is 13.5. The predicted octanol–water partition coefficient (Wildman–Crippen LogP) is 1.85. The van der Waals surface area contributed by atoms with Gasteiger partial charge in [-0.15, -0.1) is 12.4 Å². The van der Waals surface area contributed by atoms with Gasteiger partial charge in [0.25, 0.3) is 0 Å². The summed E-state index contributed by atoms with van der Waals surface area (Å²) in [6.07, 6.45) is 2.36. The third kappa shape index (κ3) is 2.97. The Morgan fingerprint density at radius 3 is 2.25 bits per heavy atom. The van der Waals surface area contributed by atoms with Gasteiger partial charge in [-0.05, 0) is 37.9 Å². The van der Waals surface area contributed by atoms with Crippen LogP contribution in [0.2, 0.25) is 0 Å². The molecule has 0 amide bonds. The quantitative estimate of drug-likeness (QED) is 0.874. The second-order valence-corrected chi connectivity index (χ2v) is 4.75. The maximum Gasteiger partial charge on any atom is 0.0174 e. The van der Waals surface area contributed by atoms with Crippen molar-refractivity contribution in [3.05, 3.63) is 35.4 Å². The normalized spacial score (nSPS) is 17.0. The molecule has 90 valence electrons. The summed E-state index contributed by atoms with van der Waals surface area (Å²) in [6, 6.07) is 9.66. The Kier molecular flexibility index (Phi) is 4.78. The van der Waals surface area contributed by atoms with Crippen molar-refractivity contribution in [1.29, 1.82) is 0 Å². The number of nitrogens with two attached hydrogens (primary N) is 1. The van der Waals surface area contributed by atoms with Crippen LogP contribution in [0, 0.1) is 0 Å². The Hall–Kier alpha value is -0.570. The zero-order valence-corrected chi connectivity index (χ0v) is 10.8. The molecule has 16 heavy (non-hydrogen) atoms. The van der Waals surface area contributed by atoms with Gasteiger partial charge in [0, 0.05) is 18.6 Å². The van der Waals surface area contributed by atoms with Crippen molar-refractivity contribution < 1.29 is 0 Å². The molecule has 0 spiro atoms. The zero-order valence-electron chi connectivity index (χ0n) is 10.0. The Bertz CT molecular complexity index is 313. The minimum Gasteiger partial charge on any atom is -0.327 e. The van der Waals surface area contributed by atoms with E-state index in [1.807, 2.05) is 0 Å². The highest BCUT2D eigenvalue weighted by Crippen LogP contribution is 2.24. The molecule has 3 heteroatoms. The summed E-state index contributed by atoms with van der Waals surface area (Å²) in [5.74, 6) is 0. The lowest BCUT2D eigenvalue weighted by Crippen LogP contribution is -2.40. The maximum absolute atomic E-state index is 5.82. The van der Waals surface area contributed by atoms with E-state index < -0.39 is 0 Å². The number of nitrogens with zero attached hydrogens (tertiary/aromatic N) is 1. The molecule has 0 aliphatic heterocycles. The lowest BCUT2D eigenvalue weighted by molar-refractivity contribution is 0.238. The molecule has 0 radical (unpaired) electrons. The van der Waals surface area contributed by atoms with E-state index in [0.29, 0.717) is 6.04 Å². The number of rotatable bonds is 3. The second-order valence-electron chi connectivity index (χ2n) is 4.75. The highest BCUT2D eigenvalue weighted by molar-refractivity contribution is 5.85. The van der Waals surface area contributed by atoms with E-state index in [9.17, 15) is 0 Å². The molecule has 0 bridgehead atoms. The van der Waals surface area contributed by atoms with E-state index in [2.05, 4.69) is 43.1 Å². The molecular formula is C13H21ClN2. The Morgan fingerprint density at radius 1 is 1.31 bits per heavy atom. The van der Waals surface area contributed by atoms with Gasteiger partial charge in [0.2, 0.25) is 0 Å². The van der Waals surface area contributed by atoms with E-state index in [4.69, 9.17) is 5.73 Å². The molecule has 0 saturated heterocycles. The molecule has 1 aliphatic carbocycles. The Labute approximate surface area is 104 Å². The van der Waals surface area contributed by atoms with Crippen molar-refractivity contribution >= 4 is 12.4 Å². The van der Waals surface area contributed by atoms with Crippen LogP contribution in [0.15, 0.2) is 24.3 Å². The molecule has 1 unspecified atom stereocenters. The van der Waals surface area contributed by atoms with E-state index in [-0.39, 0.29) is 18.4 Å². The van der Waals surface area contributed by atoms with Crippen LogP contribution in [0.3, 0.4) is 0 Å². The summed E-state index contributed by atoms with van der Waals surface area (Å²) < 4.78 is 0. The largest absolute Gasteiger partial charge is 0.327 e. The lowest BCUT2D eigenvalue weighted by Gasteiger charge is -2.25. The zero-order chi connectivity index (χ0) is 10.8. The van der Waals surface area contributed by atoms with Crippen LogP contribution in [0.1, 0.15) is 18.1 Å². The molecule has 2 nitrogen and oxygen atoms in total. The SMILES string of the molecule is CC(N)CN(C)C1Cc2ccccc2C1.Cl. The highest BCUT2D eigenvalue weighted by atomic mass is 35.5. The average Bonchev–Trinajstić information content (AvgIpc) is 2.59. The van der Waals surface area contributed by atoms with Crippen molar-refractivity contribution in [2.75, 3.05) is 13.6 Å². The van der Waals surface area contributed by atoms with Gasteiger partial charge in [0.15, 0.2) is 0 Å². The van der Waals surface area contributed by atoms with Gasteiger partial charge in [0.05, 0.1) is 0 Å². The fourth-order valence-corrected chi connectivity index (χ4v) is 2.45. The van der Waals surface area contributed by atoms with Crippen LogP contribution in [0.4, 0.5) is 0 Å². The van der Waals surface area contributed by atoms with Crippen molar-refractivity contribution in [1.82, 2.24) is 4.90 Å². The number of likely N-dealkylation sites (N-methyl/N-ethyl adjacent to an activating group) is 1. The van der Waals surface area contributed by atoms with Crippen molar-refractivity contribution in [2.45, 2.75) is 31.8 Å². The molecule has 1 aromatic carbocycles. The number of hydrogen-bond donors (Lipinski definition) is 1. The molecule has 0 fully saturated rings. The molecule has 1 aromatic rings.